The van der Waals surface area contributed by atoms with Gasteiger partial charge in [-0.15, -0.1) is 0 Å². The van der Waals surface area contributed by atoms with Crippen molar-refractivity contribution in [3.05, 3.63) is 94.8 Å². The van der Waals surface area contributed by atoms with E-state index in [0.29, 0.717) is 11.1 Å². The first-order valence-corrected chi connectivity index (χ1v) is 10.9. The van der Waals surface area contributed by atoms with E-state index >= 15 is 0 Å². The molecule has 154 valence electrons. The molecule has 1 heterocycles. The Morgan fingerprint density at radius 2 is 1.34 bits per heavy atom. The molecule has 0 fully saturated rings. The van der Waals surface area contributed by atoms with Crippen LogP contribution in [0.25, 0.3) is 0 Å². The maximum absolute atomic E-state index is 10.8. The number of hydrogen-bond donors (Lipinski definition) is 1. The summed E-state index contributed by atoms with van der Waals surface area (Å²) in [5.41, 5.74) is 4.76. The van der Waals surface area contributed by atoms with E-state index in [1.54, 1.807) is 30.7 Å². The molecule has 5 nitrogen and oxygen atoms in total. The van der Waals surface area contributed by atoms with Crippen LogP contribution in [-0.2, 0) is 23.0 Å². The van der Waals surface area contributed by atoms with Crippen LogP contribution in [0.5, 0.6) is 0 Å². The van der Waals surface area contributed by atoms with Gasteiger partial charge in [0.1, 0.15) is 10.1 Å². The highest BCUT2D eigenvalue weighted by Crippen LogP contribution is 2.20. The third-order valence-electron chi connectivity index (χ3n) is 4.55. The van der Waals surface area contributed by atoms with Crippen LogP contribution >= 0.6 is 0 Å². The summed E-state index contributed by atoms with van der Waals surface area (Å²) in [6.45, 7) is 5.12. The predicted octanol–water partition coefficient (Wildman–Crippen LogP) is 3.38. The number of nitrogens with two attached hydrogens (primary N) is 1. The smallest absolute Gasteiger partial charge is 0.199 e. The van der Waals surface area contributed by atoms with Gasteiger partial charge in [0.15, 0.2) is 12.4 Å². The van der Waals surface area contributed by atoms with Gasteiger partial charge in [-0.05, 0) is 62.3 Å². The molecule has 0 aliphatic heterocycles. The number of pyridine rings is 1. The Morgan fingerprint density at radius 1 is 0.862 bits per heavy atom. The first kappa shape index (κ1) is 22.6. The van der Waals surface area contributed by atoms with Gasteiger partial charge in [-0.1, -0.05) is 52.7 Å². The summed E-state index contributed by atoms with van der Waals surface area (Å²) in [5.74, 6) is 5.56. The van der Waals surface area contributed by atoms with Gasteiger partial charge in [-0.25, -0.2) is 14.3 Å². The van der Waals surface area contributed by atoms with Crippen LogP contribution in [0.15, 0.2) is 71.9 Å². The van der Waals surface area contributed by atoms with E-state index in [1.807, 2.05) is 19.3 Å². The standard InChI is InChI=1S/C14H17N2.C9H12O3S/c15-16-11-9-14(10-12-16)8-4-7-13-5-2-1-3-6-13;1-6-4-7(2)9(8(3)5-6)13(10,11)12/h1-3,5-6,9-12H,4,7-8,15H2;4-5H,1-3H3,(H,10,11,12)/q+1;/p-1. The number of nitrogens with zero attached hydrogens (tertiary/aromatic N) is 1. The summed E-state index contributed by atoms with van der Waals surface area (Å²) < 4.78 is 34.1. The van der Waals surface area contributed by atoms with E-state index in [9.17, 15) is 13.0 Å². The fourth-order valence-electron chi connectivity index (χ4n) is 3.34. The van der Waals surface area contributed by atoms with Crippen LogP contribution in [0.3, 0.4) is 0 Å². The molecule has 3 rings (SSSR count). The van der Waals surface area contributed by atoms with Crippen molar-refractivity contribution in [2.24, 2.45) is 0 Å². The Morgan fingerprint density at radius 3 is 1.83 bits per heavy atom. The summed E-state index contributed by atoms with van der Waals surface area (Å²) in [6.07, 6.45) is 7.20. The number of aromatic nitrogens is 1. The largest absolute Gasteiger partial charge is 0.744 e. The first-order valence-electron chi connectivity index (χ1n) is 9.50. The fraction of sp³-hybridized carbons (Fsp3) is 0.261. The molecule has 0 unspecified atom stereocenters. The molecule has 0 amide bonds. The number of aryl methyl sites for hydroxylation is 5. The topological polar surface area (TPSA) is 87.1 Å². The minimum absolute atomic E-state index is 0.0851. The van der Waals surface area contributed by atoms with Crippen molar-refractivity contribution in [2.45, 2.75) is 44.9 Å². The Hall–Kier alpha value is -2.70. The van der Waals surface area contributed by atoms with Crippen molar-refractivity contribution < 1.29 is 17.6 Å². The molecule has 6 heteroatoms. The summed E-state index contributed by atoms with van der Waals surface area (Å²) in [6, 6.07) is 18.1. The third kappa shape index (κ3) is 7.33. The Balaban J connectivity index is 0.000000212. The molecule has 0 radical (unpaired) electrons. The second kappa shape index (κ2) is 10.2. The molecule has 0 spiro atoms. The van der Waals surface area contributed by atoms with E-state index in [0.717, 1.165) is 18.4 Å². The first-order chi connectivity index (χ1) is 13.7. The molecular weight excluding hydrogens is 384 g/mol. The molecule has 2 N–H and O–H groups in total. The van der Waals surface area contributed by atoms with Crippen molar-refractivity contribution in [3.63, 3.8) is 0 Å². The number of hydrogen-bond acceptors (Lipinski definition) is 4. The Bertz CT molecular complexity index is 1010. The molecule has 0 aliphatic rings. The zero-order valence-corrected chi connectivity index (χ0v) is 17.9. The summed E-state index contributed by atoms with van der Waals surface area (Å²) >= 11 is 0. The van der Waals surface area contributed by atoms with Crippen molar-refractivity contribution in [2.75, 3.05) is 5.84 Å². The van der Waals surface area contributed by atoms with Crippen molar-refractivity contribution in [1.82, 2.24) is 0 Å². The van der Waals surface area contributed by atoms with Gasteiger partial charge in [0.2, 0.25) is 0 Å². The highest BCUT2D eigenvalue weighted by Gasteiger charge is 2.09. The van der Waals surface area contributed by atoms with Gasteiger partial charge in [-0.2, -0.15) is 0 Å². The molecule has 1 aromatic heterocycles. The van der Waals surface area contributed by atoms with E-state index in [2.05, 4.69) is 42.5 Å². The van der Waals surface area contributed by atoms with Crippen molar-refractivity contribution >= 4 is 10.1 Å². The van der Waals surface area contributed by atoms with Crippen molar-refractivity contribution in [3.8, 4) is 0 Å². The summed E-state index contributed by atoms with van der Waals surface area (Å²) in [4.78, 5) is -0.0851. The SMILES string of the molecule is Cc1cc(C)c(S(=O)(=O)[O-])c(C)c1.N[n+]1ccc(CCCc2ccccc2)cc1. The van der Waals surface area contributed by atoms with Crippen LogP contribution in [0, 0.1) is 20.8 Å². The minimum atomic E-state index is -4.33. The summed E-state index contributed by atoms with van der Waals surface area (Å²) in [7, 11) is -4.33. The Labute approximate surface area is 173 Å². The van der Waals surface area contributed by atoms with Gasteiger partial charge < -0.3 is 4.55 Å². The normalized spacial score (nSPS) is 10.9. The lowest BCUT2D eigenvalue weighted by atomic mass is 10.1. The average Bonchev–Trinajstić information content (AvgIpc) is 2.63. The van der Waals surface area contributed by atoms with E-state index in [1.165, 1.54) is 17.5 Å². The molecule has 0 saturated carbocycles. The number of rotatable bonds is 5. The van der Waals surface area contributed by atoms with E-state index in [4.69, 9.17) is 5.84 Å². The molecule has 29 heavy (non-hydrogen) atoms. The zero-order chi connectivity index (χ0) is 21.4. The maximum atomic E-state index is 10.8. The van der Waals surface area contributed by atoms with Gasteiger partial charge >= 0.3 is 0 Å². The van der Waals surface area contributed by atoms with Crippen LogP contribution in [0.1, 0.15) is 34.2 Å². The van der Waals surface area contributed by atoms with E-state index in [-0.39, 0.29) is 4.90 Å². The van der Waals surface area contributed by atoms with Crippen molar-refractivity contribution in [1.29, 1.82) is 0 Å². The Kier molecular flexibility index (Phi) is 7.93. The average molecular weight is 413 g/mol. The summed E-state index contributed by atoms with van der Waals surface area (Å²) in [5, 5.41) is 0. The van der Waals surface area contributed by atoms with Crippen LogP contribution in [0.2, 0.25) is 0 Å². The lowest BCUT2D eigenvalue weighted by molar-refractivity contribution is -0.639. The molecule has 0 saturated heterocycles. The van der Waals surface area contributed by atoms with Gasteiger partial charge in [-0.3, -0.25) is 0 Å². The van der Waals surface area contributed by atoms with Gasteiger partial charge in [0.05, 0.1) is 4.90 Å². The molecule has 3 aromatic rings. The monoisotopic (exact) mass is 412 g/mol. The second-order valence-corrected chi connectivity index (χ2v) is 8.49. The highest BCUT2D eigenvalue weighted by molar-refractivity contribution is 7.85. The highest BCUT2D eigenvalue weighted by atomic mass is 32.2. The number of nitrogen functional groups attached to an aromatic ring is 1. The minimum Gasteiger partial charge on any atom is -0.744 e. The fourth-order valence-corrected chi connectivity index (χ4v) is 4.24. The van der Waals surface area contributed by atoms with Crippen LogP contribution in [0.4, 0.5) is 0 Å². The molecular formula is C23H28N2O3S. The van der Waals surface area contributed by atoms with Gasteiger partial charge in [0.25, 0.3) is 0 Å². The quantitative estimate of drug-likeness (QED) is 0.395. The lowest BCUT2D eigenvalue weighted by Crippen LogP contribution is -2.43. The maximum Gasteiger partial charge on any atom is 0.199 e. The second-order valence-electron chi connectivity index (χ2n) is 7.17. The molecule has 0 bridgehead atoms. The van der Waals surface area contributed by atoms with Crippen LogP contribution in [-0.4, -0.2) is 13.0 Å². The third-order valence-corrected chi connectivity index (χ3v) is 5.69. The molecule has 0 aliphatic carbocycles. The predicted molar refractivity (Wildman–Crippen MR) is 114 cm³/mol. The number of benzene rings is 2. The van der Waals surface area contributed by atoms with Crippen LogP contribution < -0.4 is 10.5 Å². The molecule has 2 aromatic carbocycles. The van der Waals surface area contributed by atoms with Gasteiger partial charge in [0, 0.05) is 12.1 Å². The zero-order valence-electron chi connectivity index (χ0n) is 17.1. The van der Waals surface area contributed by atoms with E-state index < -0.39 is 10.1 Å². The molecule has 0 atom stereocenters. The lowest BCUT2D eigenvalue weighted by Gasteiger charge is -2.14.